The molecule has 38 heavy (non-hydrogen) atoms. The van der Waals surface area contributed by atoms with Crippen molar-refractivity contribution in [3.8, 4) is 0 Å². The molecule has 3 aromatic rings. The number of benzene rings is 3. The van der Waals surface area contributed by atoms with E-state index in [9.17, 15) is 27.7 Å². The molecule has 4 rings (SSSR count). The largest absolute Gasteiger partial charge is 0.419 e. The minimum atomic E-state index is -4.78. The third kappa shape index (κ3) is 5.39. The van der Waals surface area contributed by atoms with Crippen molar-refractivity contribution in [2.45, 2.75) is 36.4 Å². The van der Waals surface area contributed by atoms with Gasteiger partial charge in [0.2, 0.25) is 5.60 Å². The van der Waals surface area contributed by atoms with Gasteiger partial charge in [-0.2, -0.15) is 8.42 Å². The van der Waals surface area contributed by atoms with Gasteiger partial charge in [-0.05, 0) is 35.2 Å². The second-order valence-electron chi connectivity index (χ2n) is 8.90. The Morgan fingerprint density at radius 3 is 2.11 bits per heavy atom. The molecule has 9 nitrogen and oxygen atoms in total. The van der Waals surface area contributed by atoms with Crippen LogP contribution in [0.3, 0.4) is 0 Å². The molecule has 0 radical (unpaired) electrons. The van der Waals surface area contributed by atoms with Gasteiger partial charge in [0.05, 0.1) is 18.4 Å². The number of anilines is 1. The number of hydrogen-bond donors (Lipinski definition) is 3. The summed E-state index contributed by atoms with van der Waals surface area (Å²) < 4.78 is 45.0. The maximum Gasteiger partial charge on any atom is 0.419 e. The molecule has 0 fully saturated rings. The Morgan fingerprint density at radius 1 is 1.03 bits per heavy atom. The van der Waals surface area contributed by atoms with Crippen LogP contribution in [0.1, 0.15) is 35.1 Å². The monoisotopic (exact) mass is 537 g/mol. The van der Waals surface area contributed by atoms with Gasteiger partial charge in [0.25, 0.3) is 10.1 Å². The lowest BCUT2D eigenvalue weighted by atomic mass is 9.86. The fourth-order valence-electron chi connectivity index (χ4n) is 4.57. The predicted octanol–water partition coefficient (Wildman–Crippen LogP) is 4.31. The first-order valence-electron chi connectivity index (χ1n) is 11.8. The third-order valence-electron chi connectivity index (χ3n) is 6.45. The number of hydrogen-bond acceptors (Lipinski definition) is 7. The van der Waals surface area contributed by atoms with Gasteiger partial charge in [0.15, 0.2) is 0 Å². The van der Waals surface area contributed by atoms with Crippen LogP contribution in [0.5, 0.6) is 0 Å². The van der Waals surface area contributed by atoms with Crippen LogP contribution in [-0.4, -0.2) is 42.9 Å². The number of carbonyl (C=O) groups excluding carboxylic acids is 2. The highest BCUT2D eigenvalue weighted by Crippen LogP contribution is 2.38. The molecule has 198 valence electrons. The number of nitrogens with one attached hydrogen (secondary N) is 1. The highest BCUT2D eigenvalue weighted by molar-refractivity contribution is 7.86. The molecule has 1 amide bonds. The molecule has 3 N–H and O–H groups in total. The first-order valence-corrected chi connectivity index (χ1v) is 13.2. The summed E-state index contributed by atoms with van der Waals surface area (Å²) in [7, 11) is -4.78. The van der Waals surface area contributed by atoms with Crippen molar-refractivity contribution < 1.29 is 37.1 Å². The average Bonchev–Trinajstić information content (AvgIpc) is 3.43. The van der Waals surface area contributed by atoms with Gasteiger partial charge >= 0.3 is 12.1 Å². The van der Waals surface area contributed by atoms with Crippen molar-refractivity contribution in [2.24, 2.45) is 0 Å². The second kappa shape index (κ2) is 10.9. The fourth-order valence-corrected chi connectivity index (χ4v) is 5.23. The van der Waals surface area contributed by atoms with Crippen molar-refractivity contribution >= 4 is 27.9 Å². The number of rotatable bonds is 7. The standard InChI is InChI=1S/C28H27NO8S/c1-18-15-16-23(38(33,34)35)25(24(18)19(2)22-14-9-17-36-22)29-27(31)37-26(30)28(32,20-10-5-3-6-11-20)21-12-7-4-8-13-21/h3-16,19,22,32H,17H2,1-2H3,(H,29,31)(H,33,34,35)/t19-,22+/m1/s1. The second-order valence-corrected chi connectivity index (χ2v) is 10.3. The highest BCUT2D eigenvalue weighted by atomic mass is 32.2. The molecule has 0 aromatic heterocycles. The van der Waals surface area contributed by atoms with E-state index >= 15 is 0 Å². The van der Waals surface area contributed by atoms with E-state index < -0.39 is 44.7 Å². The molecule has 3 aromatic carbocycles. The average molecular weight is 538 g/mol. The summed E-state index contributed by atoms with van der Waals surface area (Å²) in [6, 6.07) is 18.6. The number of carbonyl (C=O) groups is 2. The number of ether oxygens (including phenoxy) is 2. The summed E-state index contributed by atoms with van der Waals surface area (Å²) in [5.74, 6) is -1.74. The summed E-state index contributed by atoms with van der Waals surface area (Å²) in [4.78, 5) is 25.8. The first kappa shape index (κ1) is 27.2. The Labute approximate surface area is 220 Å². The maximum absolute atomic E-state index is 13.3. The molecule has 0 bridgehead atoms. The van der Waals surface area contributed by atoms with Crippen LogP contribution < -0.4 is 5.32 Å². The van der Waals surface area contributed by atoms with E-state index in [1.54, 1.807) is 50.2 Å². The van der Waals surface area contributed by atoms with E-state index in [1.165, 1.54) is 30.3 Å². The van der Waals surface area contributed by atoms with E-state index in [4.69, 9.17) is 9.47 Å². The lowest BCUT2D eigenvalue weighted by Crippen LogP contribution is -2.40. The van der Waals surface area contributed by atoms with Crippen LogP contribution in [0.25, 0.3) is 0 Å². The Balaban J connectivity index is 1.71. The normalized spacial score (nSPS) is 16.2. The Kier molecular flexibility index (Phi) is 7.79. The van der Waals surface area contributed by atoms with E-state index in [0.29, 0.717) is 17.7 Å². The van der Waals surface area contributed by atoms with Crippen LogP contribution in [0, 0.1) is 6.92 Å². The van der Waals surface area contributed by atoms with Crippen LogP contribution in [0.4, 0.5) is 10.5 Å². The van der Waals surface area contributed by atoms with Gasteiger partial charge in [-0.15, -0.1) is 0 Å². The lowest BCUT2D eigenvalue weighted by Gasteiger charge is -2.27. The van der Waals surface area contributed by atoms with Gasteiger partial charge in [0, 0.05) is 5.92 Å². The number of aliphatic hydroxyl groups is 1. The van der Waals surface area contributed by atoms with Gasteiger partial charge in [0.1, 0.15) is 4.90 Å². The Bertz CT molecular complexity index is 1430. The van der Waals surface area contributed by atoms with Crippen molar-refractivity contribution in [3.05, 3.63) is 107 Å². The quantitative estimate of drug-likeness (QED) is 0.175. The zero-order chi connectivity index (χ0) is 27.5. The molecule has 2 atom stereocenters. The SMILES string of the molecule is Cc1ccc(S(=O)(=O)O)c(NC(=O)OC(=O)C(O)(c2ccccc2)c2ccccc2)c1[C@H](C)[C@@H]1C=CCO1. The first-order chi connectivity index (χ1) is 18.0. The van der Waals surface area contributed by atoms with E-state index in [0.717, 1.165) is 6.07 Å². The molecule has 1 aliphatic heterocycles. The summed E-state index contributed by atoms with van der Waals surface area (Å²) in [5.41, 5.74) is -1.26. The van der Waals surface area contributed by atoms with Crippen LogP contribution >= 0.6 is 0 Å². The Hall–Kier alpha value is -3.83. The zero-order valence-electron chi connectivity index (χ0n) is 20.7. The Morgan fingerprint density at radius 2 is 1.61 bits per heavy atom. The van der Waals surface area contributed by atoms with E-state index in [1.807, 2.05) is 12.2 Å². The molecular formula is C28H27NO8S. The summed E-state index contributed by atoms with van der Waals surface area (Å²) >= 11 is 0. The molecular weight excluding hydrogens is 510 g/mol. The molecule has 0 aliphatic carbocycles. The molecule has 0 unspecified atom stereocenters. The van der Waals surface area contributed by atoms with Crippen molar-refractivity contribution in [3.63, 3.8) is 0 Å². The number of esters is 1. The third-order valence-corrected chi connectivity index (χ3v) is 7.35. The summed E-state index contributed by atoms with van der Waals surface area (Å²) in [6.45, 7) is 3.87. The highest BCUT2D eigenvalue weighted by Gasteiger charge is 2.43. The minimum absolute atomic E-state index is 0.165. The minimum Gasteiger partial charge on any atom is -0.373 e. The van der Waals surface area contributed by atoms with Gasteiger partial charge in [-0.3, -0.25) is 9.87 Å². The topological polar surface area (TPSA) is 139 Å². The van der Waals surface area contributed by atoms with Crippen LogP contribution in [0.15, 0.2) is 89.8 Å². The van der Waals surface area contributed by atoms with E-state index in [2.05, 4.69) is 5.32 Å². The maximum atomic E-state index is 13.3. The molecule has 0 saturated heterocycles. The smallest absolute Gasteiger partial charge is 0.373 e. The summed E-state index contributed by atoms with van der Waals surface area (Å²) in [5, 5.41) is 13.9. The molecule has 10 heteroatoms. The van der Waals surface area contributed by atoms with Crippen molar-refractivity contribution in [1.82, 2.24) is 0 Å². The van der Waals surface area contributed by atoms with Crippen molar-refractivity contribution in [2.75, 3.05) is 11.9 Å². The zero-order valence-corrected chi connectivity index (χ0v) is 21.5. The fraction of sp³-hybridized carbons (Fsp3) is 0.214. The van der Waals surface area contributed by atoms with Gasteiger partial charge in [-0.25, -0.2) is 9.59 Å². The molecule has 1 aliphatic rings. The van der Waals surface area contributed by atoms with E-state index in [-0.39, 0.29) is 16.8 Å². The molecule has 0 saturated carbocycles. The number of aryl methyl sites for hydroxylation is 1. The predicted molar refractivity (Wildman–Crippen MR) is 139 cm³/mol. The molecule has 0 spiro atoms. The van der Waals surface area contributed by atoms with Crippen molar-refractivity contribution in [1.29, 1.82) is 0 Å². The van der Waals surface area contributed by atoms with Gasteiger partial charge in [-0.1, -0.05) is 85.8 Å². The number of amides is 1. The lowest BCUT2D eigenvalue weighted by molar-refractivity contribution is -0.154. The summed E-state index contributed by atoms with van der Waals surface area (Å²) in [6.07, 6.45) is 1.88. The van der Waals surface area contributed by atoms with Gasteiger partial charge < -0.3 is 14.6 Å². The van der Waals surface area contributed by atoms with Crippen LogP contribution in [-0.2, 0) is 30.0 Å². The molecule has 1 heterocycles. The van der Waals surface area contributed by atoms with Crippen LogP contribution in [0.2, 0.25) is 0 Å².